The predicted molar refractivity (Wildman–Crippen MR) is 103 cm³/mol. The van der Waals surface area contributed by atoms with Gasteiger partial charge in [-0.15, -0.1) is 0 Å². The lowest BCUT2D eigenvalue weighted by molar-refractivity contribution is 0.393. The number of hydrogen-bond acceptors (Lipinski definition) is 3. The van der Waals surface area contributed by atoms with E-state index in [-0.39, 0.29) is 0 Å². The topological polar surface area (TPSA) is 43.9 Å². The summed E-state index contributed by atoms with van der Waals surface area (Å²) >= 11 is 2.35. The van der Waals surface area contributed by atoms with E-state index in [0.717, 1.165) is 43.7 Å². The number of halogens is 1. The summed E-state index contributed by atoms with van der Waals surface area (Å²) in [6, 6.07) is 12.6. The molecule has 1 aromatic carbocycles. The zero-order valence-electron chi connectivity index (χ0n) is 13.5. The first-order chi connectivity index (χ1) is 11.6. The Morgan fingerprint density at radius 2 is 1.96 bits per heavy atom. The van der Waals surface area contributed by atoms with Gasteiger partial charge >= 0.3 is 0 Å². The van der Waals surface area contributed by atoms with Crippen molar-refractivity contribution in [2.45, 2.75) is 20.4 Å². The van der Waals surface area contributed by atoms with Crippen LogP contribution in [0.4, 0.5) is 0 Å². The van der Waals surface area contributed by atoms with Gasteiger partial charge in [0.15, 0.2) is 0 Å². The van der Waals surface area contributed by atoms with Crippen LogP contribution < -0.4 is 0 Å². The summed E-state index contributed by atoms with van der Waals surface area (Å²) in [5.74, 6) is 0.824. The number of benzene rings is 1. The molecule has 0 bridgehead atoms. The molecule has 5 heteroatoms. The van der Waals surface area contributed by atoms with Gasteiger partial charge in [0.05, 0.1) is 14.8 Å². The van der Waals surface area contributed by atoms with Crippen molar-refractivity contribution in [3.63, 3.8) is 0 Å². The van der Waals surface area contributed by atoms with E-state index < -0.39 is 0 Å². The molecular formula is C19H16IN3O. The first-order valence-electron chi connectivity index (χ1n) is 7.75. The number of nitrogens with zero attached hydrogens (tertiary/aromatic N) is 3. The Morgan fingerprint density at radius 1 is 1.17 bits per heavy atom. The second-order valence-corrected chi connectivity index (χ2v) is 7.04. The minimum absolute atomic E-state index is 0.824. The van der Waals surface area contributed by atoms with Gasteiger partial charge in [-0.05, 0) is 48.1 Å². The highest BCUT2D eigenvalue weighted by atomic mass is 127. The Morgan fingerprint density at radius 3 is 2.67 bits per heavy atom. The molecule has 24 heavy (non-hydrogen) atoms. The van der Waals surface area contributed by atoms with Gasteiger partial charge in [0, 0.05) is 30.1 Å². The fraction of sp³-hybridized carbons (Fsp3) is 0.158. The van der Waals surface area contributed by atoms with Gasteiger partial charge in [0.25, 0.3) is 0 Å². The molecule has 0 amide bonds. The zero-order valence-corrected chi connectivity index (χ0v) is 15.6. The lowest BCUT2D eigenvalue weighted by atomic mass is 10.1. The SMILES string of the molecule is Cc1noc(C)c1-c1cnc2c(I)cn(Cc3ccccc3)c2c1. The molecule has 0 aliphatic heterocycles. The molecule has 0 unspecified atom stereocenters. The van der Waals surface area contributed by atoms with Crippen LogP contribution in [0.15, 0.2) is 53.3 Å². The Kier molecular flexibility index (Phi) is 3.88. The zero-order chi connectivity index (χ0) is 16.7. The summed E-state index contributed by atoms with van der Waals surface area (Å²) in [6.07, 6.45) is 4.06. The highest BCUT2D eigenvalue weighted by molar-refractivity contribution is 14.1. The number of hydrogen-bond donors (Lipinski definition) is 0. The Labute approximate surface area is 153 Å². The molecule has 3 aromatic heterocycles. The third-order valence-corrected chi connectivity index (χ3v) is 4.98. The number of aryl methyl sites for hydroxylation is 2. The van der Waals surface area contributed by atoms with Crippen molar-refractivity contribution in [3.05, 3.63) is 69.4 Å². The molecule has 0 radical (unpaired) electrons. The molecule has 0 fully saturated rings. The molecule has 0 spiro atoms. The molecule has 0 N–H and O–H groups in total. The van der Waals surface area contributed by atoms with Crippen molar-refractivity contribution in [3.8, 4) is 11.1 Å². The summed E-state index contributed by atoms with van der Waals surface area (Å²) in [4.78, 5) is 4.68. The maximum Gasteiger partial charge on any atom is 0.141 e. The monoisotopic (exact) mass is 429 g/mol. The molecule has 0 aliphatic carbocycles. The minimum Gasteiger partial charge on any atom is -0.361 e. The first kappa shape index (κ1) is 15.4. The minimum atomic E-state index is 0.824. The lowest BCUT2D eigenvalue weighted by Crippen LogP contribution is -1.98. The Balaban J connectivity index is 1.85. The number of aromatic nitrogens is 3. The van der Waals surface area contributed by atoms with E-state index in [9.17, 15) is 0 Å². The normalized spacial score (nSPS) is 11.3. The number of fused-ring (bicyclic) bond motifs is 1. The molecular weight excluding hydrogens is 413 g/mol. The summed E-state index contributed by atoms with van der Waals surface area (Å²) < 4.78 is 8.71. The molecule has 4 aromatic rings. The van der Waals surface area contributed by atoms with Gasteiger partial charge < -0.3 is 9.09 Å². The highest BCUT2D eigenvalue weighted by Crippen LogP contribution is 2.30. The van der Waals surface area contributed by atoms with Crippen molar-refractivity contribution in [1.29, 1.82) is 0 Å². The van der Waals surface area contributed by atoms with Gasteiger partial charge in [-0.2, -0.15) is 0 Å². The quantitative estimate of drug-likeness (QED) is 0.433. The van der Waals surface area contributed by atoms with Crippen LogP contribution in [0.1, 0.15) is 17.0 Å². The van der Waals surface area contributed by atoms with E-state index in [4.69, 9.17) is 4.52 Å². The fourth-order valence-electron chi connectivity index (χ4n) is 3.07. The summed E-state index contributed by atoms with van der Waals surface area (Å²) in [7, 11) is 0. The predicted octanol–water partition coefficient (Wildman–Crippen LogP) is 4.96. The average Bonchev–Trinajstić information content (AvgIpc) is 3.08. The summed E-state index contributed by atoms with van der Waals surface area (Å²) in [5.41, 5.74) is 6.40. The Hall–Kier alpha value is -2.15. The largest absolute Gasteiger partial charge is 0.361 e. The lowest BCUT2D eigenvalue weighted by Gasteiger charge is -2.07. The molecule has 0 saturated heterocycles. The van der Waals surface area contributed by atoms with Crippen LogP contribution in [0.3, 0.4) is 0 Å². The molecule has 4 rings (SSSR count). The molecule has 4 nitrogen and oxygen atoms in total. The van der Waals surface area contributed by atoms with Crippen molar-refractivity contribution in [2.75, 3.05) is 0 Å². The van der Waals surface area contributed by atoms with Crippen LogP contribution in [-0.4, -0.2) is 14.7 Å². The van der Waals surface area contributed by atoms with Crippen molar-refractivity contribution in [1.82, 2.24) is 14.7 Å². The smallest absolute Gasteiger partial charge is 0.141 e. The van der Waals surface area contributed by atoms with E-state index in [1.165, 1.54) is 5.56 Å². The molecule has 0 atom stereocenters. The second-order valence-electron chi connectivity index (χ2n) is 5.88. The standard InChI is InChI=1S/C19H16IN3O/c1-12-18(13(2)24-22-12)15-8-17-19(21-9-15)16(20)11-23(17)10-14-6-4-3-5-7-14/h3-9,11H,10H2,1-2H3. The molecule has 0 aliphatic rings. The Bertz CT molecular complexity index is 998. The number of rotatable bonds is 3. The van der Waals surface area contributed by atoms with Crippen molar-refractivity contribution >= 4 is 33.6 Å². The molecule has 3 heterocycles. The van der Waals surface area contributed by atoms with Crippen LogP contribution in [0, 0.1) is 17.4 Å². The van der Waals surface area contributed by atoms with Crippen LogP contribution >= 0.6 is 22.6 Å². The van der Waals surface area contributed by atoms with E-state index in [0.29, 0.717) is 0 Å². The van der Waals surface area contributed by atoms with Gasteiger partial charge in [-0.25, -0.2) is 0 Å². The molecule has 0 saturated carbocycles. The second kappa shape index (κ2) is 6.05. The van der Waals surface area contributed by atoms with Gasteiger partial charge in [-0.3, -0.25) is 4.98 Å². The maximum absolute atomic E-state index is 5.31. The van der Waals surface area contributed by atoms with Crippen LogP contribution in [0.25, 0.3) is 22.2 Å². The highest BCUT2D eigenvalue weighted by Gasteiger charge is 2.15. The number of pyridine rings is 1. The third-order valence-electron chi connectivity index (χ3n) is 4.19. The summed E-state index contributed by atoms with van der Waals surface area (Å²) in [5, 5.41) is 4.06. The van der Waals surface area contributed by atoms with Gasteiger partial charge in [-0.1, -0.05) is 35.5 Å². The van der Waals surface area contributed by atoms with Crippen LogP contribution in [0.5, 0.6) is 0 Å². The van der Waals surface area contributed by atoms with Crippen LogP contribution in [-0.2, 0) is 6.54 Å². The average molecular weight is 429 g/mol. The van der Waals surface area contributed by atoms with E-state index in [1.54, 1.807) is 0 Å². The van der Waals surface area contributed by atoms with E-state index in [2.05, 4.69) is 73.8 Å². The van der Waals surface area contributed by atoms with Crippen LogP contribution in [0.2, 0.25) is 0 Å². The summed E-state index contributed by atoms with van der Waals surface area (Å²) in [6.45, 7) is 4.72. The first-order valence-corrected chi connectivity index (χ1v) is 8.83. The van der Waals surface area contributed by atoms with Crippen molar-refractivity contribution in [2.24, 2.45) is 0 Å². The maximum atomic E-state index is 5.31. The van der Waals surface area contributed by atoms with Crippen molar-refractivity contribution < 1.29 is 4.52 Å². The molecule has 120 valence electrons. The third kappa shape index (κ3) is 2.62. The van der Waals surface area contributed by atoms with Gasteiger partial charge in [0.1, 0.15) is 11.3 Å². The van der Waals surface area contributed by atoms with E-state index >= 15 is 0 Å². The van der Waals surface area contributed by atoms with Gasteiger partial charge in [0.2, 0.25) is 0 Å². The fourth-order valence-corrected chi connectivity index (χ4v) is 3.82. The van der Waals surface area contributed by atoms with E-state index in [1.807, 2.05) is 26.1 Å².